The Bertz CT molecular complexity index is 1230. The van der Waals surface area contributed by atoms with Crippen LogP contribution in [0.5, 0.6) is 0 Å². The first kappa shape index (κ1) is 20.7. The van der Waals surface area contributed by atoms with Crippen molar-refractivity contribution in [2.24, 2.45) is 0 Å². The highest BCUT2D eigenvalue weighted by atomic mass is 32.1. The number of thiazole rings is 1. The highest BCUT2D eigenvalue weighted by molar-refractivity contribution is 7.14. The van der Waals surface area contributed by atoms with Gasteiger partial charge < -0.3 is 5.32 Å². The van der Waals surface area contributed by atoms with Crippen LogP contribution in [-0.2, 0) is 11.3 Å². The van der Waals surface area contributed by atoms with Crippen LogP contribution >= 0.6 is 11.3 Å². The fourth-order valence-electron chi connectivity index (χ4n) is 3.15. The van der Waals surface area contributed by atoms with Gasteiger partial charge in [0.25, 0.3) is 5.91 Å². The number of nitrogens with one attached hydrogen (secondary N) is 2. The third-order valence-corrected chi connectivity index (χ3v) is 5.50. The molecule has 31 heavy (non-hydrogen) atoms. The molecule has 2 heterocycles. The molecule has 2 aromatic carbocycles. The summed E-state index contributed by atoms with van der Waals surface area (Å²) in [5.41, 5.74) is 4.49. The monoisotopic (exact) mass is 434 g/mol. The predicted octanol–water partition coefficient (Wildman–Crippen LogP) is 4.57. The molecule has 0 radical (unpaired) electrons. The van der Waals surface area contributed by atoms with Crippen LogP contribution in [0.4, 0.5) is 10.8 Å². The molecule has 0 aliphatic rings. The fourth-order valence-corrected chi connectivity index (χ4v) is 3.87. The van der Waals surface area contributed by atoms with Crippen LogP contribution in [0.3, 0.4) is 0 Å². The molecular formula is C22H22N6O2S. The Morgan fingerprint density at radius 3 is 2.61 bits per heavy atom. The predicted molar refractivity (Wildman–Crippen MR) is 122 cm³/mol. The van der Waals surface area contributed by atoms with Gasteiger partial charge in [-0.15, -0.1) is 16.4 Å². The number of amides is 2. The van der Waals surface area contributed by atoms with Crippen LogP contribution in [0.1, 0.15) is 37.0 Å². The van der Waals surface area contributed by atoms with E-state index in [2.05, 4.69) is 25.9 Å². The van der Waals surface area contributed by atoms with Crippen molar-refractivity contribution in [2.75, 3.05) is 10.6 Å². The van der Waals surface area contributed by atoms with Gasteiger partial charge in [0, 0.05) is 35.2 Å². The van der Waals surface area contributed by atoms with Crippen molar-refractivity contribution in [2.45, 2.75) is 33.2 Å². The molecule has 0 bridgehead atoms. The van der Waals surface area contributed by atoms with E-state index in [0.717, 1.165) is 35.4 Å². The first-order valence-corrected chi connectivity index (χ1v) is 11.0. The molecule has 0 atom stereocenters. The van der Waals surface area contributed by atoms with E-state index in [0.29, 0.717) is 22.6 Å². The van der Waals surface area contributed by atoms with Crippen LogP contribution in [-0.4, -0.2) is 31.8 Å². The fraction of sp³-hybridized carbons (Fsp3) is 0.227. The van der Waals surface area contributed by atoms with E-state index in [9.17, 15) is 9.59 Å². The summed E-state index contributed by atoms with van der Waals surface area (Å²) in [4.78, 5) is 28.9. The number of fused-ring (bicyclic) bond motifs is 1. The molecule has 158 valence electrons. The maximum Gasteiger partial charge on any atom is 0.257 e. The van der Waals surface area contributed by atoms with Crippen molar-refractivity contribution >= 4 is 45.0 Å². The standard InChI is InChI=1S/C22H22N6O2S/c1-3-5-20(29)23-16-9-6-14(7-10-16)18-13-31-22(24-18)25-21(30)15-8-11-19-17(12-15)26-27-28(19)4-2/h6-13H,3-5H2,1-2H3,(H,23,29)(H,24,25,30). The number of nitrogens with zero attached hydrogens (tertiary/aromatic N) is 4. The van der Waals surface area contributed by atoms with E-state index < -0.39 is 0 Å². The van der Waals surface area contributed by atoms with Crippen molar-refractivity contribution in [3.05, 3.63) is 53.4 Å². The number of rotatable bonds is 7. The minimum absolute atomic E-state index is 0.00401. The van der Waals surface area contributed by atoms with Gasteiger partial charge in [-0.3, -0.25) is 14.9 Å². The van der Waals surface area contributed by atoms with Crippen LogP contribution in [0.25, 0.3) is 22.3 Å². The molecule has 0 aliphatic heterocycles. The van der Waals surface area contributed by atoms with E-state index in [-0.39, 0.29) is 11.8 Å². The van der Waals surface area contributed by atoms with Gasteiger partial charge in [-0.05, 0) is 43.7 Å². The number of hydrogen-bond donors (Lipinski definition) is 2. The minimum Gasteiger partial charge on any atom is -0.326 e. The molecule has 0 fully saturated rings. The SMILES string of the molecule is CCCC(=O)Nc1ccc(-c2csc(NC(=O)c3ccc4c(c3)nnn4CC)n2)cc1. The van der Waals surface area contributed by atoms with Gasteiger partial charge in [-0.25, -0.2) is 9.67 Å². The van der Waals surface area contributed by atoms with Crippen molar-refractivity contribution in [3.8, 4) is 11.3 Å². The zero-order valence-corrected chi connectivity index (χ0v) is 18.1. The van der Waals surface area contributed by atoms with Gasteiger partial charge >= 0.3 is 0 Å². The molecule has 0 saturated carbocycles. The maximum atomic E-state index is 12.6. The molecule has 0 saturated heterocycles. The Labute approximate surface area is 183 Å². The summed E-state index contributed by atoms with van der Waals surface area (Å²) < 4.78 is 1.78. The molecule has 0 aliphatic carbocycles. The van der Waals surface area contributed by atoms with Gasteiger partial charge in [-0.2, -0.15) is 0 Å². The highest BCUT2D eigenvalue weighted by Crippen LogP contribution is 2.26. The topological polar surface area (TPSA) is 102 Å². The third-order valence-electron chi connectivity index (χ3n) is 4.74. The summed E-state index contributed by atoms with van der Waals surface area (Å²) in [7, 11) is 0. The summed E-state index contributed by atoms with van der Waals surface area (Å²) in [6, 6.07) is 12.8. The van der Waals surface area contributed by atoms with Gasteiger partial charge in [0.05, 0.1) is 11.2 Å². The number of carbonyl (C=O) groups is 2. The van der Waals surface area contributed by atoms with Gasteiger partial charge in [0.2, 0.25) is 5.91 Å². The second-order valence-corrected chi connectivity index (χ2v) is 7.83. The first-order valence-electron chi connectivity index (χ1n) is 10.1. The van der Waals surface area contributed by atoms with Crippen molar-refractivity contribution in [1.82, 2.24) is 20.0 Å². The Morgan fingerprint density at radius 1 is 1.06 bits per heavy atom. The van der Waals surface area contributed by atoms with Crippen LogP contribution in [0.15, 0.2) is 47.8 Å². The van der Waals surface area contributed by atoms with Crippen LogP contribution in [0.2, 0.25) is 0 Å². The Morgan fingerprint density at radius 2 is 1.87 bits per heavy atom. The molecule has 0 spiro atoms. The lowest BCUT2D eigenvalue weighted by Crippen LogP contribution is -2.11. The lowest BCUT2D eigenvalue weighted by Gasteiger charge is -2.05. The normalized spacial score (nSPS) is 10.9. The summed E-state index contributed by atoms with van der Waals surface area (Å²) in [5.74, 6) is -0.243. The number of benzene rings is 2. The number of anilines is 2. The third kappa shape index (κ3) is 4.61. The minimum atomic E-state index is -0.247. The molecule has 4 rings (SSSR count). The molecule has 0 unspecified atom stereocenters. The summed E-state index contributed by atoms with van der Waals surface area (Å²) in [6.07, 6.45) is 1.31. The number of aromatic nitrogens is 4. The molecule has 2 amide bonds. The van der Waals surface area contributed by atoms with Crippen molar-refractivity contribution in [3.63, 3.8) is 0 Å². The zero-order valence-electron chi connectivity index (χ0n) is 17.3. The van der Waals surface area contributed by atoms with E-state index >= 15 is 0 Å². The maximum absolute atomic E-state index is 12.6. The molecule has 2 aromatic heterocycles. The van der Waals surface area contributed by atoms with Gasteiger partial charge in [0.1, 0.15) is 5.52 Å². The summed E-state index contributed by atoms with van der Waals surface area (Å²) in [5, 5.41) is 16.3. The van der Waals surface area contributed by atoms with E-state index in [1.54, 1.807) is 16.8 Å². The smallest absolute Gasteiger partial charge is 0.257 e. The van der Waals surface area contributed by atoms with E-state index in [1.807, 2.05) is 49.6 Å². The Kier molecular flexibility index (Phi) is 6.03. The van der Waals surface area contributed by atoms with Gasteiger partial charge in [0.15, 0.2) is 5.13 Å². The number of aryl methyl sites for hydroxylation is 1. The summed E-state index contributed by atoms with van der Waals surface area (Å²) in [6.45, 7) is 4.68. The molecular weight excluding hydrogens is 412 g/mol. The average molecular weight is 435 g/mol. The Balaban J connectivity index is 1.44. The largest absolute Gasteiger partial charge is 0.326 e. The number of carbonyl (C=O) groups excluding carboxylic acids is 2. The molecule has 8 nitrogen and oxygen atoms in total. The van der Waals surface area contributed by atoms with Crippen molar-refractivity contribution in [1.29, 1.82) is 0 Å². The lowest BCUT2D eigenvalue weighted by molar-refractivity contribution is -0.116. The van der Waals surface area contributed by atoms with Crippen LogP contribution in [0, 0.1) is 0 Å². The van der Waals surface area contributed by atoms with E-state index in [4.69, 9.17) is 0 Å². The second kappa shape index (κ2) is 9.05. The average Bonchev–Trinajstić information content (AvgIpc) is 3.40. The summed E-state index contributed by atoms with van der Waals surface area (Å²) >= 11 is 1.36. The zero-order chi connectivity index (χ0) is 21.8. The quantitative estimate of drug-likeness (QED) is 0.444. The van der Waals surface area contributed by atoms with Crippen molar-refractivity contribution < 1.29 is 9.59 Å². The molecule has 2 N–H and O–H groups in total. The second-order valence-electron chi connectivity index (χ2n) is 6.98. The van der Waals surface area contributed by atoms with Crippen LogP contribution < -0.4 is 10.6 Å². The molecule has 4 aromatic rings. The lowest BCUT2D eigenvalue weighted by atomic mass is 10.1. The molecule has 9 heteroatoms. The van der Waals surface area contributed by atoms with E-state index in [1.165, 1.54) is 11.3 Å². The highest BCUT2D eigenvalue weighted by Gasteiger charge is 2.13. The Hall–Kier alpha value is -3.59. The van der Waals surface area contributed by atoms with Gasteiger partial charge in [-0.1, -0.05) is 24.3 Å². The number of hydrogen-bond acceptors (Lipinski definition) is 6. The first-order chi connectivity index (χ1) is 15.1.